The van der Waals surface area contributed by atoms with Crippen molar-refractivity contribution in [3.63, 3.8) is 0 Å². The number of amides is 1. The number of nitrogens with one attached hydrogen (secondary N) is 1. The van der Waals surface area contributed by atoms with Crippen LogP contribution in [0.5, 0.6) is 11.5 Å². The molecular weight excluding hydrogens is 388 g/mol. The van der Waals surface area contributed by atoms with Crippen molar-refractivity contribution >= 4 is 28.1 Å². The smallest absolute Gasteiger partial charge is 0.247 e. The third-order valence-electron chi connectivity index (χ3n) is 4.77. The van der Waals surface area contributed by atoms with Gasteiger partial charge in [-0.25, -0.2) is 4.98 Å². The molecule has 1 fully saturated rings. The second-order valence-electron chi connectivity index (χ2n) is 6.67. The third kappa shape index (κ3) is 4.48. The van der Waals surface area contributed by atoms with Gasteiger partial charge in [-0.3, -0.25) is 9.78 Å². The van der Waals surface area contributed by atoms with Crippen molar-refractivity contribution in [1.82, 2.24) is 9.97 Å². The van der Waals surface area contributed by atoms with Crippen molar-refractivity contribution < 1.29 is 14.3 Å². The summed E-state index contributed by atoms with van der Waals surface area (Å²) in [7, 11) is 1.59. The Labute approximate surface area is 173 Å². The van der Waals surface area contributed by atoms with E-state index in [1.807, 2.05) is 23.6 Å². The molecule has 4 rings (SSSR count). The average molecular weight is 410 g/mol. The molecule has 0 bridgehead atoms. The first-order valence-corrected chi connectivity index (χ1v) is 10.3. The molecule has 1 saturated heterocycles. The van der Waals surface area contributed by atoms with Crippen LogP contribution in [0.2, 0.25) is 0 Å². The van der Waals surface area contributed by atoms with Crippen LogP contribution in [0.4, 0.5) is 10.8 Å². The summed E-state index contributed by atoms with van der Waals surface area (Å²) in [6.07, 6.45) is 7.03. The van der Waals surface area contributed by atoms with E-state index in [-0.39, 0.29) is 11.9 Å². The maximum absolute atomic E-state index is 12.9. The zero-order chi connectivity index (χ0) is 20.1. The number of ether oxygens (including phenoxy) is 2. The van der Waals surface area contributed by atoms with Gasteiger partial charge in [0.2, 0.25) is 5.91 Å². The summed E-state index contributed by atoms with van der Waals surface area (Å²) in [5.41, 5.74) is 1.62. The van der Waals surface area contributed by atoms with E-state index in [0.29, 0.717) is 23.8 Å². The van der Waals surface area contributed by atoms with Crippen molar-refractivity contribution in [1.29, 1.82) is 0 Å². The van der Waals surface area contributed by atoms with Gasteiger partial charge < -0.3 is 19.7 Å². The lowest BCUT2D eigenvalue weighted by Crippen LogP contribution is -2.39. The Kier molecular flexibility index (Phi) is 5.90. The van der Waals surface area contributed by atoms with Crippen LogP contribution in [-0.4, -0.2) is 35.6 Å². The van der Waals surface area contributed by atoms with Gasteiger partial charge in [0.05, 0.1) is 7.11 Å². The molecule has 1 aliphatic heterocycles. The van der Waals surface area contributed by atoms with Gasteiger partial charge in [0, 0.05) is 47.8 Å². The van der Waals surface area contributed by atoms with Crippen LogP contribution in [0.1, 0.15) is 18.4 Å². The van der Waals surface area contributed by atoms with E-state index in [1.54, 1.807) is 49.2 Å². The highest BCUT2D eigenvalue weighted by atomic mass is 32.1. The molecule has 0 saturated carbocycles. The Morgan fingerprint density at radius 2 is 2.24 bits per heavy atom. The number of carbonyl (C=O) groups excluding carboxylic acids is 1. The number of carbonyl (C=O) groups is 1. The second-order valence-corrected chi connectivity index (χ2v) is 7.54. The van der Waals surface area contributed by atoms with Crippen LogP contribution in [0.15, 0.2) is 54.3 Å². The minimum absolute atomic E-state index is 0.0407. The fourth-order valence-corrected chi connectivity index (χ4v) is 4.08. The summed E-state index contributed by atoms with van der Waals surface area (Å²) in [5.74, 6) is 1.13. The average Bonchev–Trinajstić information content (AvgIpc) is 3.44. The maximum Gasteiger partial charge on any atom is 0.247 e. The lowest BCUT2D eigenvalue weighted by atomic mass is 10.2. The number of hydrogen-bond donors (Lipinski definition) is 1. The zero-order valence-corrected chi connectivity index (χ0v) is 16.9. The van der Waals surface area contributed by atoms with Crippen molar-refractivity contribution in [3.8, 4) is 11.5 Å². The number of thiazole rings is 1. The van der Waals surface area contributed by atoms with Crippen LogP contribution < -0.4 is 19.7 Å². The number of aromatic nitrogens is 2. The van der Waals surface area contributed by atoms with Crippen molar-refractivity contribution in [2.75, 3.05) is 23.9 Å². The number of nitrogens with zero attached hydrogens (tertiary/aromatic N) is 3. The van der Waals surface area contributed by atoms with Gasteiger partial charge >= 0.3 is 0 Å². The highest BCUT2D eigenvalue weighted by Crippen LogP contribution is 2.32. The van der Waals surface area contributed by atoms with Crippen molar-refractivity contribution in [3.05, 3.63) is 59.9 Å². The maximum atomic E-state index is 12.9. The number of rotatable bonds is 7. The van der Waals surface area contributed by atoms with Crippen molar-refractivity contribution in [2.24, 2.45) is 0 Å². The third-order valence-corrected chi connectivity index (χ3v) is 5.58. The molecule has 1 aromatic carbocycles. The van der Waals surface area contributed by atoms with Crippen LogP contribution in [0, 0.1) is 0 Å². The van der Waals surface area contributed by atoms with Crippen LogP contribution in [0.25, 0.3) is 0 Å². The standard InChI is InChI=1S/C21H22N4O3S/c1-27-18-7-6-16(12-19(18)28-14-15-4-2-8-22-13-15)24-20(26)17-5-3-10-25(17)21-23-9-11-29-21/h2,4,6-9,11-13,17H,3,5,10,14H2,1H3,(H,24,26). The molecule has 3 heterocycles. The summed E-state index contributed by atoms with van der Waals surface area (Å²) in [6, 6.07) is 8.98. The summed E-state index contributed by atoms with van der Waals surface area (Å²) < 4.78 is 11.3. The van der Waals surface area contributed by atoms with E-state index in [4.69, 9.17) is 9.47 Å². The largest absolute Gasteiger partial charge is 0.493 e. The monoisotopic (exact) mass is 410 g/mol. The van der Waals surface area contributed by atoms with Gasteiger partial charge in [-0.05, 0) is 31.0 Å². The molecule has 0 radical (unpaired) electrons. The highest BCUT2D eigenvalue weighted by Gasteiger charge is 2.32. The van der Waals surface area contributed by atoms with Crippen LogP contribution >= 0.6 is 11.3 Å². The molecule has 7 nitrogen and oxygen atoms in total. The molecule has 29 heavy (non-hydrogen) atoms. The Morgan fingerprint density at radius 1 is 1.31 bits per heavy atom. The van der Waals surface area contributed by atoms with E-state index in [2.05, 4.69) is 20.2 Å². The first-order chi connectivity index (χ1) is 14.2. The molecule has 0 spiro atoms. The lowest BCUT2D eigenvalue weighted by molar-refractivity contribution is -0.117. The molecule has 2 aromatic heterocycles. The SMILES string of the molecule is COc1ccc(NC(=O)C2CCCN2c2nccs2)cc1OCc1cccnc1. The van der Waals surface area contributed by atoms with Gasteiger partial charge in [-0.1, -0.05) is 6.07 Å². The van der Waals surface area contributed by atoms with E-state index < -0.39 is 0 Å². The molecule has 1 amide bonds. The molecule has 1 unspecified atom stereocenters. The number of pyridine rings is 1. The molecule has 1 N–H and O–H groups in total. The Bertz CT molecular complexity index is 950. The molecule has 3 aromatic rings. The Morgan fingerprint density at radius 3 is 3.00 bits per heavy atom. The first-order valence-electron chi connectivity index (χ1n) is 9.41. The molecule has 150 valence electrons. The molecule has 1 atom stereocenters. The van der Waals surface area contributed by atoms with E-state index in [9.17, 15) is 4.79 Å². The zero-order valence-electron chi connectivity index (χ0n) is 16.1. The molecule has 0 aliphatic carbocycles. The van der Waals surface area contributed by atoms with Gasteiger partial charge in [0.1, 0.15) is 12.6 Å². The fraction of sp³-hybridized carbons (Fsp3) is 0.286. The first kappa shape index (κ1) is 19.2. The van der Waals surface area contributed by atoms with Gasteiger partial charge in [-0.15, -0.1) is 11.3 Å². The lowest BCUT2D eigenvalue weighted by Gasteiger charge is -2.23. The number of anilines is 2. The number of hydrogen-bond acceptors (Lipinski definition) is 7. The van der Waals surface area contributed by atoms with Gasteiger partial charge in [0.25, 0.3) is 0 Å². The summed E-state index contributed by atoms with van der Waals surface area (Å²) in [5, 5.41) is 5.83. The summed E-state index contributed by atoms with van der Waals surface area (Å²) in [6.45, 7) is 1.20. The predicted molar refractivity (Wildman–Crippen MR) is 113 cm³/mol. The fourth-order valence-electron chi connectivity index (χ4n) is 3.36. The number of methoxy groups -OCH3 is 1. The molecular formula is C21H22N4O3S. The van der Waals surface area contributed by atoms with E-state index in [0.717, 1.165) is 30.1 Å². The van der Waals surface area contributed by atoms with E-state index >= 15 is 0 Å². The van der Waals surface area contributed by atoms with E-state index in [1.165, 1.54) is 0 Å². The van der Waals surface area contributed by atoms with Crippen molar-refractivity contribution in [2.45, 2.75) is 25.5 Å². The Balaban J connectivity index is 1.46. The van der Waals surface area contributed by atoms with Crippen LogP contribution in [-0.2, 0) is 11.4 Å². The normalized spacial score (nSPS) is 15.9. The van der Waals surface area contributed by atoms with Gasteiger partial charge in [-0.2, -0.15) is 0 Å². The van der Waals surface area contributed by atoms with Gasteiger partial charge in [0.15, 0.2) is 16.6 Å². The Hall–Kier alpha value is -3.13. The summed E-state index contributed by atoms with van der Waals surface area (Å²) in [4.78, 5) is 23.4. The minimum atomic E-state index is -0.219. The predicted octanol–water partition coefficient (Wildman–Crippen LogP) is 3.73. The highest BCUT2D eigenvalue weighted by molar-refractivity contribution is 7.13. The minimum Gasteiger partial charge on any atom is -0.493 e. The molecule has 1 aliphatic rings. The summed E-state index contributed by atoms with van der Waals surface area (Å²) >= 11 is 1.55. The second kappa shape index (κ2) is 8.91. The van der Waals surface area contributed by atoms with Crippen LogP contribution in [0.3, 0.4) is 0 Å². The molecule has 8 heteroatoms. The topological polar surface area (TPSA) is 76.6 Å². The number of benzene rings is 1. The quantitative estimate of drug-likeness (QED) is 0.640.